The van der Waals surface area contributed by atoms with Crippen LogP contribution in [-0.2, 0) is 25.5 Å². The Bertz CT molecular complexity index is 707. The van der Waals surface area contributed by atoms with Crippen LogP contribution in [0.3, 0.4) is 0 Å². The first kappa shape index (κ1) is 14.6. The molecule has 1 fully saturated rings. The predicted molar refractivity (Wildman–Crippen MR) is 82.0 cm³/mol. The van der Waals surface area contributed by atoms with Gasteiger partial charge < -0.3 is 9.47 Å². The van der Waals surface area contributed by atoms with Crippen molar-refractivity contribution < 1.29 is 19.1 Å². The zero-order chi connectivity index (χ0) is 15.7. The summed E-state index contributed by atoms with van der Waals surface area (Å²) in [5.41, 5.74) is 1.11. The second kappa shape index (κ2) is 5.44. The number of hydrogen-bond donors (Lipinski definition) is 0. The fraction of sp³-hybridized carbons (Fsp3) is 0.333. The summed E-state index contributed by atoms with van der Waals surface area (Å²) in [5, 5.41) is 2.29. The highest BCUT2D eigenvalue weighted by Gasteiger charge is 2.42. The molecular formula is C18H18O4. The molecule has 0 spiro atoms. The van der Waals surface area contributed by atoms with Gasteiger partial charge in [0, 0.05) is 13.8 Å². The van der Waals surface area contributed by atoms with Crippen LogP contribution >= 0.6 is 0 Å². The molecule has 1 aliphatic rings. The lowest BCUT2D eigenvalue weighted by Crippen LogP contribution is -2.46. The molecule has 3 rings (SSSR count). The van der Waals surface area contributed by atoms with Crippen LogP contribution in [0, 0.1) is 5.92 Å². The molecule has 1 saturated heterocycles. The van der Waals surface area contributed by atoms with Gasteiger partial charge >= 0.3 is 11.9 Å². The lowest BCUT2D eigenvalue weighted by Gasteiger charge is -2.32. The van der Waals surface area contributed by atoms with E-state index in [9.17, 15) is 9.59 Å². The van der Waals surface area contributed by atoms with Gasteiger partial charge in [-0.05, 0) is 29.2 Å². The Labute approximate surface area is 129 Å². The van der Waals surface area contributed by atoms with Gasteiger partial charge in [0.15, 0.2) is 5.92 Å². The van der Waals surface area contributed by atoms with Crippen molar-refractivity contribution in [1.29, 1.82) is 0 Å². The number of aryl methyl sites for hydroxylation is 1. The molecule has 4 nitrogen and oxygen atoms in total. The van der Waals surface area contributed by atoms with Crippen LogP contribution in [0.5, 0.6) is 0 Å². The molecule has 1 heterocycles. The molecule has 2 aromatic rings. The number of carbonyl (C=O) groups excluding carboxylic acids is 2. The summed E-state index contributed by atoms with van der Waals surface area (Å²) >= 11 is 0. The first-order chi connectivity index (χ1) is 10.5. The number of carbonyl (C=O) groups is 2. The minimum absolute atomic E-state index is 0.391. The molecule has 114 valence electrons. The minimum Gasteiger partial charge on any atom is -0.422 e. The lowest BCUT2D eigenvalue weighted by molar-refractivity contribution is -0.240. The number of benzene rings is 2. The van der Waals surface area contributed by atoms with Crippen LogP contribution < -0.4 is 0 Å². The van der Waals surface area contributed by atoms with E-state index < -0.39 is 23.6 Å². The number of rotatable bonds is 3. The van der Waals surface area contributed by atoms with Crippen molar-refractivity contribution in [2.45, 2.75) is 32.5 Å². The molecule has 4 heteroatoms. The van der Waals surface area contributed by atoms with Gasteiger partial charge in [0.1, 0.15) is 0 Å². The summed E-state index contributed by atoms with van der Waals surface area (Å²) in [6, 6.07) is 14.1. The third kappa shape index (κ3) is 2.82. The maximum absolute atomic E-state index is 12.0. The number of esters is 2. The molecule has 1 aliphatic heterocycles. The van der Waals surface area contributed by atoms with E-state index >= 15 is 0 Å². The molecule has 22 heavy (non-hydrogen) atoms. The maximum atomic E-state index is 12.0. The van der Waals surface area contributed by atoms with Gasteiger partial charge in [-0.1, -0.05) is 42.5 Å². The monoisotopic (exact) mass is 298 g/mol. The van der Waals surface area contributed by atoms with Crippen LogP contribution in [0.2, 0.25) is 0 Å². The molecule has 0 aliphatic carbocycles. The van der Waals surface area contributed by atoms with Crippen molar-refractivity contribution in [3.05, 3.63) is 48.0 Å². The van der Waals surface area contributed by atoms with Gasteiger partial charge in [-0.15, -0.1) is 0 Å². The largest absolute Gasteiger partial charge is 0.422 e. The zero-order valence-electron chi connectivity index (χ0n) is 12.7. The molecule has 0 bridgehead atoms. The van der Waals surface area contributed by atoms with Crippen LogP contribution in [0.15, 0.2) is 42.5 Å². The number of cyclic esters (lactones) is 2. The van der Waals surface area contributed by atoms with Gasteiger partial charge in [-0.25, -0.2) is 0 Å². The number of ether oxygens (including phenoxy) is 2. The van der Waals surface area contributed by atoms with Crippen molar-refractivity contribution in [2.24, 2.45) is 5.92 Å². The molecule has 0 aromatic heterocycles. The summed E-state index contributed by atoms with van der Waals surface area (Å²) in [4.78, 5) is 24.0. The zero-order valence-corrected chi connectivity index (χ0v) is 12.7. The Morgan fingerprint density at radius 3 is 2.32 bits per heavy atom. The fourth-order valence-electron chi connectivity index (χ4n) is 2.79. The summed E-state index contributed by atoms with van der Waals surface area (Å²) in [5.74, 6) is -3.00. The van der Waals surface area contributed by atoms with E-state index in [-0.39, 0.29) is 0 Å². The van der Waals surface area contributed by atoms with E-state index in [1.807, 2.05) is 42.5 Å². The van der Waals surface area contributed by atoms with Gasteiger partial charge in [-0.2, -0.15) is 0 Å². The van der Waals surface area contributed by atoms with Crippen LogP contribution in [0.25, 0.3) is 10.8 Å². The SMILES string of the molecule is CC1(C)OC(=O)C(CCc2cccc3ccccc23)C(=O)O1. The second-order valence-electron chi connectivity index (χ2n) is 5.97. The van der Waals surface area contributed by atoms with E-state index in [0.29, 0.717) is 12.8 Å². The predicted octanol–water partition coefficient (Wildman–Crippen LogP) is 3.22. The third-order valence-electron chi connectivity index (χ3n) is 3.84. The van der Waals surface area contributed by atoms with E-state index in [4.69, 9.17) is 9.47 Å². The quantitative estimate of drug-likeness (QED) is 0.645. The Morgan fingerprint density at radius 1 is 0.955 bits per heavy atom. The van der Waals surface area contributed by atoms with E-state index in [1.165, 1.54) is 0 Å². The Morgan fingerprint density at radius 2 is 1.59 bits per heavy atom. The molecule has 2 aromatic carbocycles. The Kier molecular flexibility index (Phi) is 3.61. The smallest absolute Gasteiger partial charge is 0.323 e. The number of hydrogen-bond acceptors (Lipinski definition) is 4. The van der Waals surface area contributed by atoms with Crippen molar-refractivity contribution >= 4 is 22.7 Å². The van der Waals surface area contributed by atoms with Crippen molar-refractivity contribution in [1.82, 2.24) is 0 Å². The van der Waals surface area contributed by atoms with Crippen LogP contribution in [-0.4, -0.2) is 17.7 Å². The van der Waals surface area contributed by atoms with Gasteiger partial charge in [0.2, 0.25) is 0 Å². The molecule has 0 saturated carbocycles. The topological polar surface area (TPSA) is 52.6 Å². The molecule has 0 unspecified atom stereocenters. The third-order valence-corrected chi connectivity index (χ3v) is 3.84. The van der Waals surface area contributed by atoms with Crippen molar-refractivity contribution in [2.75, 3.05) is 0 Å². The normalized spacial score (nSPS) is 18.1. The van der Waals surface area contributed by atoms with Gasteiger partial charge in [0.05, 0.1) is 0 Å². The standard InChI is InChI=1S/C18H18O4/c1-18(2)21-16(19)15(17(20)22-18)11-10-13-8-5-7-12-6-3-4-9-14(12)13/h3-9,15H,10-11H2,1-2H3. The average molecular weight is 298 g/mol. The maximum Gasteiger partial charge on any atom is 0.323 e. The summed E-state index contributed by atoms with van der Waals surface area (Å²) < 4.78 is 10.3. The Hall–Kier alpha value is -2.36. The first-order valence-corrected chi connectivity index (χ1v) is 7.39. The number of fused-ring (bicyclic) bond motifs is 1. The van der Waals surface area contributed by atoms with E-state index in [2.05, 4.69) is 0 Å². The minimum atomic E-state index is -1.16. The summed E-state index contributed by atoms with van der Waals surface area (Å²) in [7, 11) is 0. The summed E-state index contributed by atoms with van der Waals surface area (Å²) in [6.07, 6.45) is 1.01. The molecular weight excluding hydrogens is 280 g/mol. The Balaban J connectivity index is 1.77. The molecule has 0 atom stereocenters. The van der Waals surface area contributed by atoms with E-state index in [0.717, 1.165) is 16.3 Å². The fourth-order valence-corrected chi connectivity index (χ4v) is 2.79. The second-order valence-corrected chi connectivity index (χ2v) is 5.97. The first-order valence-electron chi connectivity index (χ1n) is 7.39. The van der Waals surface area contributed by atoms with Gasteiger partial charge in [0.25, 0.3) is 5.79 Å². The molecule has 0 radical (unpaired) electrons. The highest BCUT2D eigenvalue weighted by atomic mass is 16.7. The lowest BCUT2D eigenvalue weighted by atomic mass is 9.95. The van der Waals surface area contributed by atoms with Crippen molar-refractivity contribution in [3.8, 4) is 0 Å². The molecule has 0 N–H and O–H groups in total. The van der Waals surface area contributed by atoms with Gasteiger partial charge in [-0.3, -0.25) is 9.59 Å². The highest BCUT2D eigenvalue weighted by molar-refractivity contribution is 5.96. The van der Waals surface area contributed by atoms with Crippen molar-refractivity contribution in [3.63, 3.8) is 0 Å². The van der Waals surface area contributed by atoms with E-state index in [1.54, 1.807) is 13.8 Å². The van der Waals surface area contributed by atoms with Crippen LogP contribution in [0.4, 0.5) is 0 Å². The highest BCUT2D eigenvalue weighted by Crippen LogP contribution is 2.27. The van der Waals surface area contributed by atoms with Crippen LogP contribution in [0.1, 0.15) is 25.8 Å². The summed E-state index contributed by atoms with van der Waals surface area (Å²) in [6.45, 7) is 3.12. The average Bonchev–Trinajstić information content (AvgIpc) is 2.45. The molecule has 0 amide bonds.